The van der Waals surface area contributed by atoms with Crippen molar-refractivity contribution < 1.29 is 17.9 Å². The first-order valence-corrected chi connectivity index (χ1v) is 8.50. The normalized spacial score (nSPS) is 10.8. The summed E-state index contributed by atoms with van der Waals surface area (Å²) in [4.78, 5) is 0.103. The summed E-state index contributed by atoms with van der Waals surface area (Å²) in [5, 5.41) is 0. The van der Waals surface area contributed by atoms with E-state index in [0.29, 0.717) is 23.6 Å². The Bertz CT molecular complexity index is 742. The third-order valence-electron chi connectivity index (χ3n) is 3.32. The van der Waals surface area contributed by atoms with Gasteiger partial charge in [-0.3, -0.25) is 0 Å². The molecule has 3 N–H and O–H groups in total. The zero-order chi connectivity index (χ0) is 16.9. The van der Waals surface area contributed by atoms with Crippen molar-refractivity contribution in [3.05, 3.63) is 48.0 Å². The molecule has 0 aliphatic heterocycles. The number of hydrogen-bond acceptors (Lipinski definition) is 5. The van der Waals surface area contributed by atoms with Crippen molar-refractivity contribution in [1.82, 2.24) is 4.72 Å². The van der Waals surface area contributed by atoms with Crippen LogP contribution < -0.4 is 19.9 Å². The zero-order valence-corrected chi connectivity index (χ0v) is 15.1. The first kappa shape index (κ1) is 20.1. The van der Waals surface area contributed by atoms with E-state index in [1.807, 2.05) is 12.1 Å². The van der Waals surface area contributed by atoms with E-state index >= 15 is 0 Å². The molecule has 0 saturated heterocycles. The third kappa shape index (κ3) is 5.30. The average Bonchev–Trinajstić information content (AvgIpc) is 2.56. The first-order chi connectivity index (χ1) is 10.9. The fraction of sp³-hybridized carbons (Fsp3) is 0.250. The Balaban J connectivity index is 0.00000288. The summed E-state index contributed by atoms with van der Waals surface area (Å²) < 4.78 is 37.5. The minimum atomic E-state index is -3.64. The number of rotatable bonds is 7. The molecule has 6 nitrogen and oxygen atoms in total. The Morgan fingerprint density at radius 3 is 2.04 bits per heavy atom. The van der Waals surface area contributed by atoms with Crippen LogP contribution in [0.15, 0.2) is 47.4 Å². The molecule has 0 heterocycles. The van der Waals surface area contributed by atoms with Crippen LogP contribution >= 0.6 is 12.4 Å². The van der Waals surface area contributed by atoms with Gasteiger partial charge in [0.25, 0.3) is 0 Å². The van der Waals surface area contributed by atoms with E-state index in [-0.39, 0.29) is 23.8 Å². The molecule has 0 amide bonds. The average molecular weight is 373 g/mol. The second kappa shape index (κ2) is 8.77. The Kier molecular flexibility index (Phi) is 7.34. The van der Waals surface area contributed by atoms with Crippen LogP contribution in [0.25, 0.3) is 0 Å². The lowest BCUT2D eigenvalue weighted by Crippen LogP contribution is -2.26. The molecule has 0 aliphatic rings. The van der Waals surface area contributed by atoms with Crippen LogP contribution in [0.3, 0.4) is 0 Å². The van der Waals surface area contributed by atoms with Gasteiger partial charge in [-0.1, -0.05) is 12.1 Å². The number of nitrogen functional groups attached to an aromatic ring is 1. The molecule has 0 spiro atoms. The van der Waals surface area contributed by atoms with Crippen molar-refractivity contribution in [3.8, 4) is 11.5 Å². The Morgan fingerprint density at radius 2 is 1.54 bits per heavy atom. The molecule has 0 fully saturated rings. The fourth-order valence-electron chi connectivity index (χ4n) is 2.03. The molecule has 2 aromatic carbocycles. The van der Waals surface area contributed by atoms with E-state index < -0.39 is 10.0 Å². The third-order valence-corrected chi connectivity index (χ3v) is 4.76. The topological polar surface area (TPSA) is 90.6 Å². The molecule has 8 heteroatoms. The molecule has 0 radical (unpaired) electrons. The molecular weight excluding hydrogens is 352 g/mol. The van der Waals surface area contributed by atoms with Crippen LogP contribution in [0, 0.1) is 0 Å². The van der Waals surface area contributed by atoms with Crippen molar-refractivity contribution >= 4 is 28.1 Å². The highest BCUT2D eigenvalue weighted by atomic mass is 35.5. The van der Waals surface area contributed by atoms with E-state index in [1.165, 1.54) is 26.4 Å². The van der Waals surface area contributed by atoms with Gasteiger partial charge in [0.15, 0.2) is 0 Å². The van der Waals surface area contributed by atoms with Gasteiger partial charge in [0, 0.05) is 30.4 Å². The van der Waals surface area contributed by atoms with Gasteiger partial charge < -0.3 is 15.2 Å². The van der Waals surface area contributed by atoms with Crippen molar-refractivity contribution in [1.29, 1.82) is 0 Å². The summed E-state index contributed by atoms with van der Waals surface area (Å²) >= 11 is 0. The molecule has 24 heavy (non-hydrogen) atoms. The van der Waals surface area contributed by atoms with E-state index in [4.69, 9.17) is 15.2 Å². The molecule has 2 rings (SSSR count). The predicted octanol–water partition coefficient (Wildman–Crippen LogP) is 2.23. The highest BCUT2D eigenvalue weighted by molar-refractivity contribution is 7.89. The standard InChI is InChI=1S/C16H20N2O4S.ClH/c1-21-14-9-15(22-2)11-16(10-14)23(19,20)18-8-7-12-3-5-13(17)6-4-12;/h3-6,9-11,18H,7-8,17H2,1-2H3;1H. The zero-order valence-electron chi connectivity index (χ0n) is 13.5. The SMILES string of the molecule is COc1cc(OC)cc(S(=O)(=O)NCCc2ccc(N)cc2)c1.Cl. The van der Waals surface area contributed by atoms with E-state index in [0.717, 1.165) is 5.56 Å². The molecule has 0 bridgehead atoms. The number of anilines is 1. The summed E-state index contributed by atoms with van der Waals surface area (Å²) in [6, 6.07) is 11.8. The van der Waals surface area contributed by atoms with Crippen molar-refractivity contribution in [3.63, 3.8) is 0 Å². The molecule has 0 unspecified atom stereocenters. The molecule has 0 aromatic heterocycles. The van der Waals surface area contributed by atoms with Crippen LogP contribution in [-0.2, 0) is 16.4 Å². The smallest absolute Gasteiger partial charge is 0.240 e. The van der Waals surface area contributed by atoms with Crippen molar-refractivity contribution in [2.45, 2.75) is 11.3 Å². The summed E-state index contributed by atoms with van der Waals surface area (Å²) in [7, 11) is -0.695. The monoisotopic (exact) mass is 372 g/mol. The minimum absolute atomic E-state index is 0. The van der Waals surface area contributed by atoms with Crippen LogP contribution in [0.4, 0.5) is 5.69 Å². The number of hydrogen-bond donors (Lipinski definition) is 2. The number of nitrogens with two attached hydrogens (primary N) is 1. The number of sulfonamides is 1. The summed E-state index contributed by atoms with van der Waals surface area (Å²) in [5.41, 5.74) is 7.30. The summed E-state index contributed by atoms with van der Waals surface area (Å²) in [5.74, 6) is 0.839. The lowest BCUT2D eigenvalue weighted by Gasteiger charge is -2.10. The fourth-order valence-corrected chi connectivity index (χ4v) is 3.11. The second-order valence-electron chi connectivity index (χ2n) is 4.94. The maximum Gasteiger partial charge on any atom is 0.240 e. The molecular formula is C16H21ClN2O4S. The van der Waals surface area contributed by atoms with Gasteiger partial charge in [0.05, 0.1) is 19.1 Å². The molecule has 0 aliphatic carbocycles. The Hall–Kier alpha value is -1.96. The van der Waals surface area contributed by atoms with E-state index in [2.05, 4.69) is 4.72 Å². The lowest BCUT2D eigenvalue weighted by molar-refractivity contribution is 0.392. The van der Waals surface area contributed by atoms with Gasteiger partial charge >= 0.3 is 0 Å². The number of benzene rings is 2. The number of nitrogens with one attached hydrogen (secondary N) is 1. The number of halogens is 1. The second-order valence-corrected chi connectivity index (χ2v) is 6.70. The van der Waals surface area contributed by atoms with Crippen molar-refractivity contribution in [2.75, 3.05) is 26.5 Å². The maximum atomic E-state index is 12.4. The first-order valence-electron chi connectivity index (χ1n) is 7.02. The summed E-state index contributed by atoms with van der Waals surface area (Å²) in [6.45, 7) is 0.284. The van der Waals surface area contributed by atoms with Crippen LogP contribution in [0.1, 0.15) is 5.56 Å². The van der Waals surface area contributed by atoms with Gasteiger partial charge in [0.1, 0.15) is 11.5 Å². The van der Waals surface area contributed by atoms with Gasteiger partial charge in [-0.2, -0.15) is 0 Å². The molecule has 2 aromatic rings. The molecule has 132 valence electrons. The van der Waals surface area contributed by atoms with E-state index in [9.17, 15) is 8.42 Å². The van der Waals surface area contributed by atoms with Crippen molar-refractivity contribution in [2.24, 2.45) is 0 Å². The van der Waals surface area contributed by atoms with Gasteiger partial charge in [-0.15, -0.1) is 12.4 Å². The lowest BCUT2D eigenvalue weighted by atomic mass is 10.1. The number of ether oxygens (including phenoxy) is 2. The maximum absolute atomic E-state index is 12.4. The van der Waals surface area contributed by atoms with E-state index in [1.54, 1.807) is 18.2 Å². The quantitative estimate of drug-likeness (QED) is 0.727. The molecule has 0 saturated carbocycles. The predicted molar refractivity (Wildman–Crippen MR) is 96.5 cm³/mol. The van der Waals surface area contributed by atoms with Gasteiger partial charge in [0.2, 0.25) is 10.0 Å². The molecule has 0 atom stereocenters. The minimum Gasteiger partial charge on any atom is -0.497 e. The largest absolute Gasteiger partial charge is 0.497 e. The van der Waals surface area contributed by atoms with Crippen LogP contribution in [0.2, 0.25) is 0 Å². The highest BCUT2D eigenvalue weighted by Crippen LogP contribution is 2.25. The summed E-state index contributed by atoms with van der Waals surface area (Å²) in [6.07, 6.45) is 0.570. The van der Waals surface area contributed by atoms with Gasteiger partial charge in [-0.05, 0) is 24.1 Å². The van der Waals surface area contributed by atoms with Gasteiger partial charge in [-0.25, -0.2) is 13.1 Å². The number of methoxy groups -OCH3 is 2. The Labute approximate surface area is 148 Å². The highest BCUT2D eigenvalue weighted by Gasteiger charge is 2.16. The Morgan fingerprint density at radius 1 is 1.00 bits per heavy atom. The van der Waals surface area contributed by atoms with Crippen LogP contribution in [-0.4, -0.2) is 29.2 Å². The van der Waals surface area contributed by atoms with Crippen LogP contribution in [0.5, 0.6) is 11.5 Å².